The summed E-state index contributed by atoms with van der Waals surface area (Å²) in [5.74, 6) is 0.888. The highest BCUT2D eigenvalue weighted by molar-refractivity contribution is 7.89. The molecule has 1 unspecified atom stereocenters. The van der Waals surface area contributed by atoms with Gasteiger partial charge in [0.15, 0.2) is 5.96 Å². The van der Waals surface area contributed by atoms with E-state index < -0.39 is 16.1 Å². The fourth-order valence-corrected chi connectivity index (χ4v) is 4.87. The molecule has 0 bridgehead atoms. The minimum absolute atomic E-state index is 0.178. The summed E-state index contributed by atoms with van der Waals surface area (Å²) in [6.45, 7) is 6.00. The Morgan fingerprint density at radius 2 is 1.93 bits per heavy atom. The number of sulfonamides is 1. The zero-order valence-corrected chi connectivity index (χ0v) is 17.8. The zero-order valence-electron chi connectivity index (χ0n) is 17.0. The quantitative estimate of drug-likeness (QED) is 0.422. The third kappa shape index (κ3) is 7.41. The highest BCUT2D eigenvalue weighted by atomic mass is 32.2. The van der Waals surface area contributed by atoms with Crippen molar-refractivity contribution in [3.8, 4) is 0 Å². The van der Waals surface area contributed by atoms with Gasteiger partial charge in [-0.3, -0.25) is 4.99 Å². The average molecular weight is 411 g/mol. The lowest BCUT2D eigenvalue weighted by molar-refractivity contribution is 0.183. The lowest BCUT2D eigenvalue weighted by Gasteiger charge is -2.32. The van der Waals surface area contributed by atoms with Gasteiger partial charge in [0.2, 0.25) is 10.0 Å². The molecule has 0 aromatic heterocycles. The summed E-state index contributed by atoms with van der Waals surface area (Å²) in [4.78, 5) is 4.51. The zero-order chi connectivity index (χ0) is 20.4. The third-order valence-corrected chi connectivity index (χ3v) is 6.84. The Morgan fingerprint density at radius 3 is 2.54 bits per heavy atom. The minimum Gasteiger partial charge on any atom is -0.391 e. The average Bonchev–Trinajstić information content (AvgIpc) is 2.67. The van der Waals surface area contributed by atoms with Crippen LogP contribution in [0.3, 0.4) is 0 Å². The predicted molar refractivity (Wildman–Crippen MR) is 114 cm³/mol. The number of hydrogen-bond donors (Lipinski definition) is 3. The van der Waals surface area contributed by atoms with Crippen molar-refractivity contribution < 1.29 is 13.5 Å². The number of aliphatic hydroxyl groups is 1. The van der Waals surface area contributed by atoms with Crippen LogP contribution in [-0.2, 0) is 16.4 Å². The Hall–Kier alpha value is -1.64. The van der Waals surface area contributed by atoms with Crippen LogP contribution in [0.15, 0.2) is 35.3 Å². The van der Waals surface area contributed by atoms with Gasteiger partial charge in [-0.05, 0) is 31.7 Å². The van der Waals surface area contributed by atoms with Crippen molar-refractivity contribution in [2.45, 2.75) is 51.7 Å². The smallest absolute Gasteiger partial charge is 0.214 e. The molecule has 1 saturated heterocycles. The Labute approximate surface area is 169 Å². The maximum Gasteiger partial charge on any atom is 0.214 e. The van der Waals surface area contributed by atoms with Gasteiger partial charge in [-0.2, -0.15) is 0 Å². The Bertz CT molecular complexity index is 701. The molecule has 1 fully saturated rings. The molecule has 3 N–H and O–H groups in total. The van der Waals surface area contributed by atoms with Crippen molar-refractivity contribution >= 4 is 16.0 Å². The number of guanidine groups is 1. The summed E-state index contributed by atoms with van der Waals surface area (Å²) < 4.78 is 26.0. The second-order valence-electron chi connectivity index (χ2n) is 7.20. The molecule has 0 saturated carbocycles. The van der Waals surface area contributed by atoms with Gasteiger partial charge in [0.25, 0.3) is 0 Å². The summed E-state index contributed by atoms with van der Waals surface area (Å²) in [6, 6.07) is 10.1. The highest BCUT2D eigenvalue weighted by Gasteiger charge is 2.27. The number of rotatable bonds is 9. The molecule has 0 radical (unpaired) electrons. The first-order valence-corrected chi connectivity index (χ1v) is 11.8. The Kier molecular flexibility index (Phi) is 9.21. The summed E-state index contributed by atoms with van der Waals surface area (Å²) in [5, 5.41) is 16.9. The summed E-state index contributed by atoms with van der Waals surface area (Å²) >= 11 is 0. The van der Waals surface area contributed by atoms with Gasteiger partial charge in [-0.15, -0.1) is 0 Å². The molecular weight excluding hydrogens is 376 g/mol. The molecule has 1 aliphatic heterocycles. The van der Waals surface area contributed by atoms with Crippen LogP contribution in [0.1, 0.15) is 38.7 Å². The fourth-order valence-electron chi connectivity index (χ4n) is 3.33. The van der Waals surface area contributed by atoms with Crippen LogP contribution < -0.4 is 10.6 Å². The Morgan fingerprint density at radius 1 is 1.25 bits per heavy atom. The van der Waals surface area contributed by atoms with Crippen molar-refractivity contribution in [1.82, 2.24) is 14.9 Å². The fraction of sp³-hybridized carbons (Fsp3) is 0.650. The first kappa shape index (κ1) is 22.6. The van der Waals surface area contributed by atoms with E-state index in [1.54, 1.807) is 4.31 Å². The van der Waals surface area contributed by atoms with Crippen molar-refractivity contribution in [2.24, 2.45) is 4.99 Å². The lowest BCUT2D eigenvalue weighted by Crippen LogP contribution is -2.50. The lowest BCUT2D eigenvalue weighted by atomic mass is 10.1. The number of aliphatic imine (C=N–C) groups is 1. The molecule has 0 aliphatic carbocycles. The van der Waals surface area contributed by atoms with E-state index in [0.717, 1.165) is 24.9 Å². The molecule has 28 heavy (non-hydrogen) atoms. The van der Waals surface area contributed by atoms with Gasteiger partial charge in [0, 0.05) is 32.1 Å². The number of hydrogen-bond acceptors (Lipinski definition) is 4. The second kappa shape index (κ2) is 11.4. The third-order valence-electron chi connectivity index (χ3n) is 4.77. The van der Waals surface area contributed by atoms with Crippen molar-refractivity contribution in [3.63, 3.8) is 0 Å². The standard InChI is InChI=1S/C20H34N4O3S/c1-3-14-28(26,27)24-12-10-18(11-13-24)23-20(21-4-2)22-16-19(25)15-17-8-6-5-7-9-17/h5-9,18-19,25H,3-4,10-16H2,1-2H3,(H2,21,22,23). The molecule has 1 aromatic carbocycles. The van der Waals surface area contributed by atoms with Crippen LogP contribution in [0.4, 0.5) is 0 Å². The van der Waals surface area contributed by atoms with Gasteiger partial charge >= 0.3 is 0 Å². The van der Waals surface area contributed by atoms with Crippen LogP contribution in [0, 0.1) is 0 Å². The van der Waals surface area contributed by atoms with E-state index in [1.807, 2.05) is 44.2 Å². The first-order valence-electron chi connectivity index (χ1n) is 10.2. The largest absolute Gasteiger partial charge is 0.391 e. The molecular formula is C20H34N4O3S. The van der Waals surface area contributed by atoms with Crippen LogP contribution in [0.25, 0.3) is 0 Å². The van der Waals surface area contributed by atoms with E-state index in [0.29, 0.717) is 38.4 Å². The van der Waals surface area contributed by atoms with Gasteiger partial charge < -0.3 is 15.7 Å². The van der Waals surface area contributed by atoms with Crippen LogP contribution in [0.2, 0.25) is 0 Å². The van der Waals surface area contributed by atoms with Crippen molar-refractivity contribution in [1.29, 1.82) is 0 Å². The maximum atomic E-state index is 12.2. The number of piperidine rings is 1. The van der Waals surface area contributed by atoms with Crippen molar-refractivity contribution in [2.75, 3.05) is 31.9 Å². The SMILES string of the molecule is CCCS(=O)(=O)N1CCC(NC(=NCC(O)Cc2ccccc2)NCC)CC1. The molecule has 8 heteroatoms. The van der Waals surface area contributed by atoms with E-state index in [4.69, 9.17) is 0 Å². The molecule has 158 valence electrons. The molecule has 0 amide bonds. The van der Waals surface area contributed by atoms with Gasteiger partial charge in [-0.1, -0.05) is 37.3 Å². The molecule has 1 aliphatic rings. The molecule has 0 spiro atoms. The van der Waals surface area contributed by atoms with E-state index in [2.05, 4.69) is 15.6 Å². The number of aliphatic hydroxyl groups excluding tert-OH is 1. The Balaban J connectivity index is 1.84. The number of nitrogens with zero attached hydrogens (tertiary/aromatic N) is 2. The van der Waals surface area contributed by atoms with E-state index in [-0.39, 0.29) is 11.8 Å². The summed E-state index contributed by atoms with van der Waals surface area (Å²) in [6.07, 6.45) is 2.17. The predicted octanol–water partition coefficient (Wildman–Crippen LogP) is 1.35. The van der Waals surface area contributed by atoms with Gasteiger partial charge in [0.1, 0.15) is 0 Å². The number of nitrogens with one attached hydrogen (secondary N) is 2. The maximum absolute atomic E-state index is 12.2. The molecule has 2 rings (SSSR count). The van der Waals surface area contributed by atoms with E-state index in [1.165, 1.54) is 0 Å². The normalized spacial score (nSPS) is 18.0. The second-order valence-corrected chi connectivity index (χ2v) is 9.29. The summed E-state index contributed by atoms with van der Waals surface area (Å²) in [7, 11) is -3.12. The monoisotopic (exact) mass is 410 g/mol. The molecule has 1 atom stereocenters. The molecule has 7 nitrogen and oxygen atoms in total. The van der Waals surface area contributed by atoms with Gasteiger partial charge in [-0.25, -0.2) is 12.7 Å². The van der Waals surface area contributed by atoms with E-state index >= 15 is 0 Å². The van der Waals surface area contributed by atoms with Gasteiger partial charge in [0.05, 0.1) is 18.4 Å². The van der Waals surface area contributed by atoms with Crippen LogP contribution in [-0.4, -0.2) is 67.9 Å². The number of benzene rings is 1. The molecule has 1 heterocycles. The molecule has 1 aromatic rings. The van der Waals surface area contributed by atoms with Crippen molar-refractivity contribution in [3.05, 3.63) is 35.9 Å². The minimum atomic E-state index is -3.12. The van der Waals surface area contributed by atoms with E-state index in [9.17, 15) is 13.5 Å². The highest BCUT2D eigenvalue weighted by Crippen LogP contribution is 2.15. The van der Waals surface area contributed by atoms with Crippen LogP contribution >= 0.6 is 0 Å². The van der Waals surface area contributed by atoms with Crippen LogP contribution in [0.5, 0.6) is 0 Å². The topological polar surface area (TPSA) is 94.0 Å². The summed E-state index contributed by atoms with van der Waals surface area (Å²) in [5.41, 5.74) is 1.09. The first-order chi connectivity index (χ1) is 13.4.